The normalized spacial score (nSPS) is 13.2. The number of ether oxygens (including phenoxy) is 3. The number of halogens is 2. The topological polar surface area (TPSA) is 27.7 Å². The first-order valence-corrected chi connectivity index (χ1v) is 9.34. The monoisotopic (exact) mass is 358 g/mol. The lowest BCUT2D eigenvalue weighted by molar-refractivity contribution is -0.400. The summed E-state index contributed by atoms with van der Waals surface area (Å²) in [6.45, 7) is 9.42. The number of aryl methyl sites for hydroxylation is 1. The number of unbranched alkanes of at least 4 members (excludes halogenated alkanes) is 2. The van der Waals surface area contributed by atoms with Crippen LogP contribution in [0.1, 0.15) is 58.9 Å². The molecule has 0 spiro atoms. The Morgan fingerprint density at radius 3 is 2.04 bits per heavy atom. The van der Waals surface area contributed by atoms with Crippen LogP contribution in [0, 0.1) is 17.6 Å². The van der Waals surface area contributed by atoms with E-state index in [1.807, 2.05) is 20.8 Å². The average molecular weight is 358 g/mol. The predicted octanol–water partition coefficient (Wildman–Crippen LogP) is 5.47. The summed E-state index contributed by atoms with van der Waals surface area (Å²) in [5, 5.41) is 0. The van der Waals surface area contributed by atoms with Crippen LogP contribution in [0.5, 0.6) is 0 Å². The van der Waals surface area contributed by atoms with E-state index >= 15 is 0 Å². The summed E-state index contributed by atoms with van der Waals surface area (Å²) < 4.78 is 43.9. The molecule has 0 bridgehead atoms. The maximum absolute atomic E-state index is 13.6. The maximum Gasteiger partial charge on any atom is 0.285 e. The SMILES string of the molecule is CCOC(OCC)(OCC)C(C)CCCCCc1ccc(F)cc1F. The minimum absolute atomic E-state index is 0.0925. The van der Waals surface area contributed by atoms with Gasteiger partial charge in [-0.1, -0.05) is 25.8 Å². The summed E-state index contributed by atoms with van der Waals surface area (Å²) in [5.41, 5.74) is 0.571. The molecule has 0 amide bonds. The molecule has 3 nitrogen and oxygen atoms in total. The average Bonchev–Trinajstić information content (AvgIpc) is 2.56. The first kappa shape index (κ1) is 22.0. The number of rotatable bonds is 13. The van der Waals surface area contributed by atoms with Crippen molar-refractivity contribution in [2.75, 3.05) is 19.8 Å². The van der Waals surface area contributed by atoms with Gasteiger partial charge >= 0.3 is 0 Å². The maximum atomic E-state index is 13.6. The van der Waals surface area contributed by atoms with Crippen LogP contribution in [0.4, 0.5) is 8.78 Å². The molecule has 0 aromatic heterocycles. The molecule has 0 radical (unpaired) electrons. The Kier molecular flexibility index (Phi) is 10.2. The molecule has 0 aliphatic carbocycles. The van der Waals surface area contributed by atoms with Crippen molar-refractivity contribution in [1.82, 2.24) is 0 Å². The Morgan fingerprint density at radius 1 is 0.920 bits per heavy atom. The van der Waals surface area contributed by atoms with Gasteiger partial charge in [0.2, 0.25) is 0 Å². The molecule has 1 aromatic carbocycles. The lowest BCUT2D eigenvalue weighted by Crippen LogP contribution is -2.45. The zero-order valence-corrected chi connectivity index (χ0v) is 15.9. The van der Waals surface area contributed by atoms with Gasteiger partial charge in [0, 0.05) is 31.8 Å². The third-order valence-electron chi connectivity index (χ3n) is 4.24. The molecule has 144 valence electrons. The molecule has 0 heterocycles. The number of benzene rings is 1. The zero-order chi connectivity index (χ0) is 18.7. The highest BCUT2D eigenvalue weighted by molar-refractivity contribution is 5.18. The van der Waals surface area contributed by atoms with E-state index in [0.29, 0.717) is 31.8 Å². The Balaban J connectivity index is 2.44. The Labute approximate surface area is 150 Å². The van der Waals surface area contributed by atoms with Gasteiger partial charge in [-0.25, -0.2) is 8.78 Å². The first-order valence-electron chi connectivity index (χ1n) is 9.34. The van der Waals surface area contributed by atoms with Gasteiger partial charge in [0.25, 0.3) is 5.97 Å². The second-order valence-corrected chi connectivity index (χ2v) is 6.14. The first-order chi connectivity index (χ1) is 12.0. The summed E-state index contributed by atoms with van der Waals surface area (Å²) >= 11 is 0. The summed E-state index contributed by atoms with van der Waals surface area (Å²) in [7, 11) is 0. The van der Waals surface area contributed by atoms with Crippen LogP contribution in [0.15, 0.2) is 18.2 Å². The smallest absolute Gasteiger partial charge is 0.285 e. The molecule has 0 N–H and O–H groups in total. The van der Waals surface area contributed by atoms with Crippen molar-refractivity contribution in [2.45, 2.75) is 65.8 Å². The highest BCUT2D eigenvalue weighted by Gasteiger charge is 2.38. The van der Waals surface area contributed by atoms with Crippen LogP contribution in [0.2, 0.25) is 0 Å². The summed E-state index contributed by atoms with van der Waals surface area (Å²) in [6.07, 6.45) is 4.31. The highest BCUT2D eigenvalue weighted by Crippen LogP contribution is 2.30. The van der Waals surface area contributed by atoms with E-state index in [-0.39, 0.29) is 5.92 Å². The van der Waals surface area contributed by atoms with Crippen molar-refractivity contribution >= 4 is 0 Å². The molecular formula is C20H32F2O3. The summed E-state index contributed by atoms with van der Waals surface area (Å²) in [5.74, 6) is -1.89. The van der Waals surface area contributed by atoms with Crippen LogP contribution < -0.4 is 0 Å². The van der Waals surface area contributed by atoms with Gasteiger partial charge < -0.3 is 14.2 Å². The Morgan fingerprint density at radius 2 is 1.52 bits per heavy atom. The third kappa shape index (κ3) is 7.00. The van der Waals surface area contributed by atoms with Crippen molar-refractivity contribution in [3.8, 4) is 0 Å². The van der Waals surface area contributed by atoms with Crippen molar-refractivity contribution in [1.29, 1.82) is 0 Å². The molecule has 1 rings (SSSR count). The number of hydrogen-bond donors (Lipinski definition) is 0. The van der Waals surface area contributed by atoms with E-state index in [9.17, 15) is 8.78 Å². The third-order valence-corrected chi connectivity index (χ3v) is 4.24. The van der Waals surface area contributed by atoms with Gasteiger partial charge in [0.1, 0.15) is 11.6 Å². The van der Waals surface area contributed by atoms with Gasteiger partial charge in [-0.05, 0) is 51.7 Å². The summed E-state index contributed by atoms with van der Waals surface area (Å²) in [6, 6.07) is 3.77. The second kappa shape index (κ2) is 11.6. The summed E-state index contributed by atoms with van der Waals surface area (Å²) in [4.78, 5) is 0. The van der Waals surface area contributed by atoms with Crippen molar-refractivity contribution in [3.63, 3.8) is 0 Å². The van der Waals surface area contributed by atoms with Gasteiger partial charge in [-0.15, -0.1) is 0 Å². The molecule has 1 atom stereocenters. The van der Waals surface area contributed by atoms with Crippen LogP contribution in [-0.4, -0.2) is 25.8 Å². The molecule has 5 heteroatoms. The zero-order valence-electron chi connectivity index (χ0n) is 15.9. The lowest BCUT2D eigenvalue weighted by Gasteiger charge is -2.37. The Bertz CT molecular complexity index is 477. The van der Waals surface area contributed by atoms with Crippen LogP contribution in [-0.2, 0) is 20.6 Å². The fraction of sp³-hybridized carbons (Fsp3) is 0.700. The fourth-order valence-corrected chi connectivity index (χ4v) is 3.00. The molecule has 0 saturated heterocycles. The van der Waals surface area contributed by atoms with Gasteiger partial charge in [0.05, 0.1) is 0 Å². The second-order valence-electron chi connectivity index (χ2n) is 6.14. The van der Waals surface area contributed by atoms with Crippen LogP contribution >= 0.6 is 0 Å². The lowest BCUT2D eigenvalue weighted by atomic mass is 9.98. The van der Waals surface area contributed by atoms with Gasteiger partial charge in [-0.2, -0.15) is 0 Å². The van der Waals surface area contributed by atoms with Gasteiger partial charge in [-0.3, -0.25) is 0 Å². The molecule has 25 heavy (non-hydrogen) atoms. The molecule has 0 aliphatic rings. The molecule has 0 saturated carbocycles. The quantitative estimate of drug-likeness (QED) is 0.346. The molecular weight excluding hydrogens is 326 g/mol. The van der Waals surface area contributed by atoms with E-state index in [2.05, 4.69) is 6.92 Å². The van der Waals surface area contributed by atoms with E-state index in [1.54, 1.807) is 0 Å². The van der Waals surface area contributed by atoms with E-state index in [0.717, 1.165) is 31.7 Å². The van der Waals surface area contributed by atoms with E-state index in [4.69, 9.17) is 14.2 Å². The minimum Gasteiger partial charge on any atom is -0.328 e. The van der Waals surface area contributed by atoms with Crippen molar-refractivity contribution in [2.24, 2.45) is 5.92 Å². The molecule has 1 unspecified atom stereocenters. The van der Waals surface area contributed by atoms with E-state index in [1.165, 1.54) is 12.1 Å². The van der Waals surface area contributed by atoms with Crippen LogP contribution in [0.3, 0.4) is 0 Å². The van der Waals surface area contributed by atoms with Crippen LogP contribution in [0.25, 0.3) is 0 Å². The van der Waals surface area contributed by atoms with Crippen molar-refractivity contribution in [3.05, 3.63) is 35.4 Å². The standard InChI is InChI=1S/C20H32F2O3/c1-5-23-20(24-6-2,25-7-3)16(4)11-9-8-10-12-17-13-14-18(21)15-19(17)22/h13-16H,5-12H2,1-4H3. The number of hydrogen-bond acceptors (Lipinski definition) is 3. The molecule has 1 aromatic rings. The predicted molar refractivity (Wildman–Crippen MR) is 95.3 cm³/mol. The largest absolute Gasteiger partial charge is 0.328 e. The molecule has 0 aliphatic heterocycles. The van der Waals surface area contributed by atoms with Crippen molar-refractivity contribution < 1.29 is 23.0 Å². The van der Waals surface area contributed by atoms with Gasteiger partial charge in [0.15, 0.2) is 0 Å². The minimum atomic E-state index is -0.985. The highest BCUT2D eigenvalue weighted by atomic mass is 19.1. The molecule has 0 fully saturated rings. The van der Waals surface area contributed by atoms with E-state index < -0.39 is 17.6 Å². The fourth-order valence-electron chi connectivity index (χ4n) is 3.00. The Hall–Kier alpha value is -1.04.